The number of furan rings is 1. The topological polar surface area (TPSA) is 84.2 Å². The average Bonchev–Trinajstić information content (AvgIpc) is 3.34. The Morgan fingerprint density at radius 3 is 2.63 bits per heavy atom. The average molecular weight is 393 g/mol. The van der Waals surface area contributed by atoms with Gasteiger partial charge in [-0.05, 0) is 31.3 Å². The largest absolute Gasteiger partial charge is 0.468 e. The summed E-state index contributed by atoms with van der Waals surface area (Å²) in [5.74, 6) is 1.76. The molecule has 2 aliphatic rings. The summed E-state index contributed by atoms with van der Waals surface area (Å²) in [5, 5.41) is 0. The molecule has 4 rings (SSSR count). The van der Waals surface area contributed by atoms with E-state index in [0.29, 0.717) is 11.5 Å². The number of nitrogens with one attached hydrogen (secondary N) is 1. The van der Waals surface area contributed by atoms with Crippen LogP contribution >= 0.6 is 0 Å². The molecule has 1 saturated heterocycles. The molecule has 0 bridgehead atoms. The highest BCUT2D eigenvalue weighted by Crippen LogP contribution is 2.34. The Labute approximate surface area is 158 Å². The highest BCUT2D eigenvalue weighted by Gasteiger charge is 2.28. The lowest BCUT2D eigenvalue weighted by Crippen LogP contribution is -2.48. The summed E-state index contributed by atoms with van der Waals surface area (Å²) >= 11 is 0. The number of benzene rings is 1. The molecule has 0 radical (unpaired) electrons. The van der Waals surface area contributed by atoms with E-state index >= 15 is 0 Å². The van der Waals surface area contributed by atoms with Gasteiger partial charge in [0.05, 0.1) is 17.2 Å². The summed E-state index contributed by atoms with van der Waals surface area (Å²) in [4.78, 5) is 4.66. The maximum atomic E-state index is 12.8. The van der Waals surface area contributed by atoms with Crippen LogP contribution in [0.4, 0.5) is 0 Å². The Morgan fingerprint density at radius 2 is 1.89 bits per heavy atom. The molecule has 1 aromatic carbocycles. The first kappa shape index (κ1) is 18.3. The fourth-order valence-electron chi connectivity index (χ4n) is 3.34. The summed E-state index contributed by atoms with van der Waals surface area (Å²) in [6.45, 7) is 3.92. The first-order chi connectivity index (χ1) is 13.0. The monoisotopic (exact) mass is 393 g/mol. The molecule has 0 spiro atoms. The summed E-state index contributed by atoms with van der Waals surface area (Å²) in [6, 6.07) is 8.18. The van der Waals surface area contributed by atoms with Crippen LogP contribution in [-0.2, 0) is 10.0 Å². The van der Waals surface area contributed by atoms with Crippen LogP contribution in [0.15, 0.2) is 45.9 Å². The van der Waals surface area contributed by atoms with Crippen molar-refractivity contribution < 1.29 is 22.3 Å². The van der Waals surface area contributed by atoms with Gasteiger partial charge in [0, 0.05) is 38.8 Å². The highest BCUT2D eigenvalue weighted by atomic mass is 32.2. The molecule has 8 nitrogen and oxygen atoms in total. The molecular weight excluding hydrogens is 370 g/mol. The van der Waals surface area contributed by atoms with Gasteiger partial charge in [-0.15, -0.1) is 0 Å². The minimum atomic E-state index is -3.68. The molecule has 1 fully saturated rings. The molecule has 0 aliphatic carbocycles. The summed E-state index contributed by atoms with van der Waals surface area (Å²) in [7, 11) is -1.60. The van der Waals surface area contributed by atoms with Gasteiger partial charge in [0.2, 0.25) is 16.8 Å². The first-order valence-electron chi connectivity index (χ1n) is 8.88. The third-order valence-electron chi connectivity index (χ3n) is 4.97. The minimum Gasteiger partial charge on any atom is -0.468 e. The maximum absolute atomic E-state index is 12.8. The van der Waals surface area contributed by atoms with Gasteiger partial charge in [-0.2, -0.15) is 0 Å². The second-order valence-electron chi connectivity index (χ2n) is 6.74. The van der Waals surface area contributed by atoms with E-state index in [2.05, 4.69) is 21.6 Å². The normalized spacial score (nSPS) is 19.3. The van der Waals surface area contributed by atoms with E-state index in [9.17, 15) is 8.42 Å². The van der Waals surface area contributed by atoms with Crippen LogP contribution in [0.2, 0.25) is 0 Å². The number of fused-ring (bicyclic) bond motifs is 1. The zero-order chi connectivity index (χ0) is 18.9. The molecule has 0 saturated carbocycles. The SMILES string of the molecule is CN1CCN([C@H](CNS(=O)(=O)c2ccc3c(c2)OCO3)c2ccco2)CC1. The molecule has 2 aromatic rings. The van der Waals surface area contributed by atoms with Crippen molar-refractivity contribution in [2.45, 2.75) is 10.9 Å². The standard InChI is InChI=1S/C18H23N3O5S/c1-20-6-8-21(9-7-20)15(16-3-2-10-24-16)12-19-27(22,23)14-4-5-17-18(11-14)26-13-25-17/h2-5,10-11,15,19H,6-9,12-13H2,1H3/t15-/m1/s1. The zero-order valence-electron chi connectivity index (χ0n) is 15.1. The van der Waals surface area contributed by atoms with E-state index in [4.69, 9.17) is 13.9 Å². The third-order valence-corrected chi connectivity index (χ3v) is 6.39. The predicted octanol–water partition coefficient (Wildman–Crippen LogP) is 1.28. The summed E-state index contributed by atoms with van der Waals surface area (Å²) < 4.78 is 44.4. The summed E-state index contributed by atoms with van der Waals surface area (Å²) in [5.41, 5.74) is 0. The molecule has 146 valence electrons. The lowest BCUT2D eigenvalue weighted by molar-refractivity contribution is 0.102. The molecule has 3 heterocycles. The first-order valence-corrected chi connectivity index (χ1v) is 10.4. The lowest BCUT2D eigenvalue weighted by Gasteiger charge is -2.37. The fourth-order valence-corrected chi connectivity index (χ4v) is 4.39. The minimum absolute atomic E-state index is 0.107. The number of sulfonamides is 1. The van der Waals surface area contributed by atoms with E-state index in [1.807, 2.05) is 12.1 Å². The van der Waals surface area contributed by atoms with Gasteiger partial charge in [-0.25, -0.2) is 13.1 Å². The van der Waals surface area contributed by atoms with Gasteiger partial charge in [0.25, 0.3) is 0 Å². The molecule has 0 amide bonds. The van der Waals surface area contributed by atoms with Crippen LogP contribution in [-0.4, -0.2) is 64.8 Å². The fraction of sp³-hybridized carbons (Fsp3) is 0.444. The Kier molecular flexibility index (Phi) is 5.09. The van der Waals surface area contributed by atoms with Crippen LogP contribution < -0.4 is 14.2 Å². The van der Waals surface area contributed by atoms with Gasteiger partial charge in [-0.1, -0.05) is 0 Å². The van der Waals surface area contributed by atoms with Crippen molar-refractivity contribution in [2.75, 3.05) is 46.6 Å². The van der Waals surface area contributed by atoms with E-state index < -0.39 is 10.0 Å². The third kappa shape index (κ3) is 3.96. The van der Waals surface area contributed by atoms with Crippen molar-refractivity contribution in [1.82, 2.24) is 14.5 Å². The number of piperazine rings is 1. The Hall–Kier alpha value is -2.07. The number of likely N-dealkylation sites (N-methyl/N-ethyl adjacent to an activating group) is 1. The number of rotatable bonds is 6. The van der Waals surface area contributed by atoms with Gasteiger partial charge in [0.1, 0.15) is 5.76 Å². The van der Waals surface area contributed by atoms with Crippen molar-refractivity contribution in [1.29, 1.82) is 0 Å². The molecule has 1 atom stereocenters. The van der Waals surface area contributed by atoms with Crippen LogP contribution in [0.25, 0.3) is 0 Å². The Balaban J connectivity index is 1.50. The number of ether oxygens (including phenoxy) is 2. The number of hydrogen-bond acceptors (Lipinski definition) is 7. The van der Waals surface area contributed by atoms with E-state index in [-0.39, 0.29) is 24.3 Å². The van der Waals surface area contributed by atoms with Crippen molar-refractivity contribution in [3.05, 3.63) is 42.4 Å². The van der Waals surface area contributed by atoms with Crippen LogP contribution in [0.5, 0.6) is 11.5 Å². The zero-order valence-corrected chi connectivity index (χ0v) is 15.9. The van der Waals surface area contributed by atoms with Crippen molar-refractivity contribution in [3.8, 4) is 11.5 Å². The highest BCUT2D eigenvalue weighted by molar-refractivity contribution is 7.89. The van der Waals surface area contributed by atoms with E-state index in [0.717, 1.165) is 31.9 Å². The van der Waals surface area contributed by atoms with Crippen LogP contribution in [0.3, 0.4) is 0 Å². The molecule has 0 unspecified atom stereocenters. The van der Waals surface area contributed by atoms with Crippen LogP contribution in [0, 0.1) is 0 Å². The molecular formula is C18H23N3O5S. The Bertz CT molecular complexity index is 876. The maximum Gasteiger partial charge on any atom is 0.240 e. The quantitative estimate of drug-likeness (QED) is 0.791. The molecule has 27 heavy (non-hydrogen) atoms. The molecule has 2 aliphatic heterocycles. The van der Waals surface area contributed by atoms with Gasteiger partial charge in [0.15, 0.2) is 11.5 Å². The lowest BCUT2D eigenvalue weighted by atomic mass is 10.1. The number of nitrogens with zero attached hydrogens (tertiary/aromatic N) is 2. The molecule has 1 aromatic heterocycles. The number of hydrogen-bond donors (Lipinski definition) is 1. The van der Waals surface area contributed by atoms with Gasteiger partial charge in [-0.3, -0.25) is 4.90 Å². The van der Waals surface area contributed by atoms with Gasteiger partial charge < -0.3 is 18.8 Å². The smallest absolute Gasteiger partial charge is 0.240 e. The molecule has 9 heteroatoms. The van der Waals surface area contributed by atoms with Crippen molar-refractivity contribution in [2.24, 2.45) is 0 Å². The summed E-state index contributed by atoms with van der Waals surface area (Å²) in [6.07, 6.45) is 1.62. The van der Waals surface area contributed by atoms with E-state index in [1.165, 1.54) is 12.1 Å². The predicted molar refractivity (Wildman–Crippen MR) is 98.3 cm³/mol. The van der Waals surface area contributed by atoms with Crippen LogP contribution in [0.1, 0.15) is 11.8 Å². The second-order valence-corrected chi connectivity index (χ2v) is 8.50. The second kappa shape index (κ2) is 7.51. The van der Waals surface area contributed by atoms with E-state index in [1.54, 1.807) is 12.3 Å². The Morgan fingerprint density at radius 1 is 1.11 bits per heavy atom. The van der Waals surface area contributed by atoms with Gasteiger partial charge >= 0.3 is 0 Å². The van der Waals surface area contributed by atoms with Crippen molar-refractivity contribution >= 4 is 10.0 Å². The molecule has 1 N–H and O–H groups in total. The van der Waals surface area contributed by atoms with Crippen molar-refractivity contribution in [3.63, 3.8) is 0 Å².